The molecule has 5 nitrogen and oxygen atoms in total. The van der Waals surface area contributed by atoms with Gasteiger partial charge in [0.05, 0.1) is 6.61 Å². The van der Waals surface area contributed by atoms with Gasteiger partial charge < -0.3 is 4.74 Å². The molecular formula is C4H5B3N3O2. The van der Waals surface area contributed by atoms with E-state index in [4.69, 9.17) is 5.53 Å². The minimum absolute atomic E-state index is 0.377. The van der Waals surface area contributed by atoms with Crippen molar-refractivity contribution in [3.63, 3.8) is 0 Å². The van der Waals surface area contributed by atoms with Gasteiger partial charge in [0.25, 0.3) is 0 Å². The fourth-order valence-electron chi connectivity index (χ4n) is 0.652. The summed E-state index contributed by atoms with van der Waals surface area (Å²) < 4.78 is 4.51. The molecule has 1 aliphatic rings. The molecule has 0 aromatic heterocycles. The number of nitrogens with zero attached hydrogens (tertiary/aromatic N) is 3. The van der Waals surface area contributed by atoms with Gasteiger partial charge in [-0.15, -0.1) is 0 Å². The van der Waals surface area contributed by atoms with E-state index in [9.17, 15) is 4.79 Å². The maximum Gasteiger partial charge on any atom is 0.315 e. The smallest absolute Gasteiger partial charge is 0.315 e. The zero-order valence-corrected chi connectivity index (χ0v) is 6.38. The monoisotopic (exact) mass is 160 g/mol. The molecule has 0 aromatic rings. The number of rotatable bonds is 1. The van der Waals surface area contributed by atoms with Gasteiger partial charge in [-0.05, 0) is 5.53 Å². The highest BCUT2D eigenvalue weighted by Gasteiger charge is 2.24. The Balaban J connectivity index is 0.000000354. The molecule has 0 bridgehead atoms. The molecule has 0 N–H and O–H groups in total. The predicted molar refractivity (Wildman–Crippen MR) is 45.8 cm³/mol. The molecule has 0 amide bonds. The fraction of sp³-hybridized carbons (Fsp3) is 0.750. The van der Waals surface area contributed by atoms with Gasteiger partial charge in [-0.25, -0.2) is 0 Å². The Morgan fingerprint density at radius 1 is 1.75 bits per heavy atom. The summed E-state index contributed by atoms with van der Waals surface area (Å²) in [5.74, 6) is -0.409. The van der Waals surface area contributed by atoms with E-state index in [2.05, 4.69) is 30.2 Å². The van der Waals surface area contributed by atoms with Gasteiger partial charge in [0, 0.05) is 33.9 Å². The van der Waals surface area contributed by atoms with Crippen molar-refractivity contribution in [3.05, 3.63) is 10.4 Å². The maximum absolute atomic E-state index is 10.5. The van der Waals surface area contributed by atoms with Crippen LogP contribution in [0.2, 0.25) is 0 Å². The summed E-state index contributed by atoms with van der Waals surface area (Å²) in [5.41, 5.74) is 7.90. The second-order valence-electron chi connectivity index (χ2n) is 1.87. The second kappa shape index (κ2) is 6.67. The van der Waals surface area contributed by atoms with E-state index in [1.165, 1.54) is 0 Å². The number of carbonyl (C=O) groups is 1. The van der Waals surface area contributed by atoms with Crippen LogP contribution in [-0.4, -0.2) is 41.2 Å². The van der Waals surface area contributed by atoms with Crippen LogP contribution in [0.3, 0.4) is 0 Å². The standard InChI is InChI=1S/C4H5N3O2.B3/c5-7-6-3-1-2-9-4(3)8;1-3-2/h3H,1-2H2;. The summed E-state index contributed by atoms with van der Waals surface area (Å²) in [6.45, 7) is 0.377. The maximum atomic E-state index is 10.5. The Morgan fingerprint density at radius 3 is 2.67 bits per heavy atom. The van der Waals surface area contributed by atoms with Crippen LogP contribution in [0.15, 0.2) is 5.11 Å². The van der Waals surface area contributed by atoms with Crippen molar-refractivity contribution < 1.29 is 9.53 Å². The lowest BCUT2D eigenvalue weighted by atomic mass is 9.40. The quantitative estimate of drug-likeness (QED) is 0.170. The topological polar surface area (TPSA) is 75.1 Å². The summed E-state index contributed by atoms with van der Waals surface area (Å²) in [7, 11) is 10.0. The van der Waals surface area contributed by atoms with Gasteiger partial charge in [0.2, 0.25) is 0 Å². The molecule has 1 atom stereocenters. The van der Waals surface area contributed by atoms with E-state index >= 15 is 0 Å². The molecular weight excluding hydrogens is 154 g/mol. The van der Waals surface area contributed by atoms with Crippen molar-refractivity contribution in [1.82, 2.24) is 0 Å². The van der Waals surface area contributed by atoms with Crippen LogP contribution in [0.1, 0.15) is 6.42 Å². The van der Waals surface area contributed by atoms with Crippen molar-refractivity contribution in [1.29, 1.82) is 0 Å². The molecule has 1 fully saturated rings. The highest BCUT2D eigenvalue weighted by atomic mass is 16.5. The van der Waals surface area contributed by atoms with Gasteiger partial charge in [-0.3, -0.25) is 4.79 Å². The van der Waals surface area contributed by atoms with Gasteiger partial charge in [0.1, 0.15) is 6.04 Å². The number of hydrogen-bond acceptors (Lipinski definition) is 3. The molecule has 1 unspecified atom stereocenters. The van der Waals surface area contributed by atoms with E-state index in [0.29, 0.717) is 13.0 Å². The van der Waals surface area contributed by atoms with Crippen molar-refractivity contribution in [2.75, 3.05) is 6.61 Å². The third-order valence-corrected chi connectivity index (χ3v) is 1.10. The summed E-state index contributed by atoms with van der Waals surface area (Å²) in [5, 5.41) is 3.21. The van der Waals surface area contributed by atoms with Crippen LogP contribution in [0, 0.1) is 0 Å². The third-order valence-electron chi connectivity index (χ3n) is 1.10. The first-order valence-electron chi connectivity index (χ1n) is 3.22. The molecule has 57 valence electrons. The number of carbonyl (C=O) groups excluding carboxylic acids is 1. The molecule has 5 radical (unpaired) electrons. The predicted octanol–water partition coefficient (Wildman–Crippen LogP) is -0.530. The van der Waals surface area contributed by atoms with Crippen molar-refractivity contribution >= 4 is 28.5 Å². The molecule has 12 heavy (non-hydrogen) atoms. The van der Waals surface area contributed by atoms with E-state index in [1.807, 2.05) is 0 Å². The van der Waals surface area contributed by atoms with Gasteiger partial charge in [-0.1, -0.05) is 5.11 Å². The average Bonchev–Trinajstić information content (AvgIpc) is 2.39. The molecule has 8 heteroatoms. The lowest BCUT2D eigenvalue weighted by Gasteiger charge is -1.89. The lowest BCUT2D eigenvalue weighted by molar-refractivity contribution is -0.138. The molecule has 1 rings (SSSR count). The number of esters is 1. The fourth-order valence-corrected chi connectivity index (χ4v) is 0.652. The Morgan fingerprint density at radius 2 is 2.33 bits per heavy atom. The minimum atomic E-state index is -0.574. The Bertz CT molecular complexity index is 194. The van der Waals surface area contributed by atoms with Crippen LogP contribution in [0.4, 0.5) is 0 Å². The van der Waals surface area contributed by atoms with E-state index in [0.717, 1.165) is 7.06 Å². The SMILES string of the molecule is [B][B][B].[N-]=[N+]=NC1CCOC1=O. The molecule has 0 aromatic carbocycles. The Labute approximate surface area is 73.5 Å². The zero-order chi connectivity index (χ0) is 9.40. The van der Waals surface area contributed by atoms with Crippen LogP contribution in [0.5, 0.6) is 0 Å². The summed E-state index contributed by atoms with van der Waals surface area (Å²) in [6, 6.07) is -0.574. The molecule has 1 heterocycles. The molecule has 1 aliphatic heterocycles. The molecule has 1 saturated heterocycles. The van der Waals surface area contributed by atoms with Gasteiger partial charge in [-0.2, -0.15) is 0 Å². The van der Waals surface area contributed by atoms with Crippen molar-refractivity contribution in [3.8, 4) is 0 Å². The highest BCUT2D eigenvalue weighted by molar-refractivity contribution is 7.17. The van der Waals surface area contributed by atoms with Crippen LogP contribution in [0.25, 0.3) is 10.4 Å². The van der Waals surface area contributed by atoms with Crippen molar-refractivity contribution in [2.24, 2.45) is 5.11 Å². The van der Waals surface area contributed by atoms with Gasteiger partial charge >= 0.3 is 5.97 Å². The van der Waals surface area contributed by atoms with Crippen LogP contribution >= 0.6 is 0 Å². The first kappa shape index (κ1) is 11.0. The summed E-state index contributed by atoms with van der Waals surface area (Å²) >= 11 is 0. The largest absolute Gasteiger partial charge is 0.465 e. The zero-order valence-electron chi connectivity index (χ0n) is 6.38. The average molecular weight is 160 g/mol. The van der Waals surface area contributed by atoms with E-state index in [1.54, 1.807) is 0 Å². The Kier molecular flexibility index (Phi) is 6.10. The van der Waals surface area contributed by atoms with Gasteiger partial charge in [0.15, 0.2) is 0 Å². The minimum Gasteiger partial charge on any atom is -0.465 e. The summed E-state index contributed by atoms with van der Waals surface area (Å²) in [6.07, 6.45) is 0.517. The number of azide groups is 1. The van der Waals surface area contributed by atoms with Crippen molar-refractivity contribution in [2.45, 2.75) is 12.5 Å². The Hall–Kier alpha value is -1.03. The molecule has 0 spiro atoms. The number of ether oxygens (including phenoxy) is 1. The first-order chi connectivity index (χ1) is 5.76. The van der Waals surface area contributed by atoms with E-state index < -0.39 is 12.0 Å². The molecule has 0 saturated carbocycles. The summed E-state index contributed by atoms with van der Waals surface area (Å²) in [4.78, 5) is 13.0. The highest BCUT2D eigenvalue weighted by Crippen LogP contribution is 2.09. The number of cyclic esters (lactones) is 1. The third kappa shape index (κ3) is 3.98. The molecule has 0 aliphatic carbocycles. The van der Waals surface area contributed by atoms with E-state index in [-0.39, 0.29) is 0 Å². The first-order valence-corrected chi connectivity index (χ1v) is 3.22. The normalized spacial score (nSPS) is 19.7. The second-order valence-corrected chi connectivity index (χ2v) is 1.87. The lowest BCUT2D eigenvalue weighted by Crippen LogP contribution is -2.09. The van der Waals surface area contributed by atoms with Crippen LogP contribution in [-0.2, 0) is 9.53 Å². The number of hydrogen-bond donors (Lipinski definition) is 0. The van der Waals surface area contributed by atoms with Crippen LogP contribution < -0.4 is 0 Å².